The number of hydrogen-bond donors (Lipinski definition) is 2. The molecule has 4 nitrogen and oxygen atoms in total. The second-order valence-electron chi connectivity index (χ2n) is 4.67. The molecule has 0 amide bonds. The minimum Gasteiger partial charge on any atom is -0.466 e. The molecule has 0 bridgehead atoms. The summed E-state index contributed by atoms with van der Waals surface area (Å²) in [4.78, 5) is 11.4. The Balaban J connectivity index is 3.40. The zero-order valence-corrected chi connectivity index (χ0v) is 12.0. The van der Waals surface area contributed by atoms with Gasteiger partial charge in [0.15, 0.2) is 0 Å². The first-order chi connectivity index (χ1) is 8.74. The molecule has 18 heavy (non-hydrogen) atoms. The Hall–Kier alpha value is -0.610. The largest absolute Gasteiger partial charge is 0.466 e. The maximum Gasteiger partial charge on any atom is 0.307 e. The zero-order valence-electron chi connectivity index (χ0n) is 12.0. The van der Waals surface area contributed by atoms with Gasteiger partial charge in [0.25, 0.3) is 0 Å². The van der Waals surface area contributed by atoms with E-state index in [-0.39, 0.29) is 5.97 Å². The first-order valence-electron chi connectivity index (χ1n) is 7.33. The fourth-order valence-electron chi connectivity index (χ4n) is 1.82. The summed E-state index contributed by atoms with van der Waals surface area (Å²) in [6.07, 6.45) is 7.02. The van der Waals surface area contributed by atoms with Crippen molar-refractivity contribution >= 4 is 5.97 Å². The second kappa shape index (κ2) is 12.8. The topological polar surface area (TPSA) is 64.3 Å². The number of hydrogen-bond acceptors (Lipinski definition) is 4. The molecule has 4 heteroatoms. The quantitative estimate of drug-likeness (QED) is 0.416. The summed E-state index contributed by atoms with van der Waals surface area (Å²) in [5, 5.41) is 3.33. The van der Waals surface area contributed by atoms with Crippen LogP contribution < -0.4 is 11.1 Å². The third-order valence-electron chi connectivity index (χ3n) is 3.03. The van der Waals surface area contributed by atoms with Crippen LogP contribution in [0.15, 0.2) is 0 Å². The van der Waals surface area contributed by atoms with Crippen molar-refractivity contribution in [3.8, 4) is 0 Å². The van der Waals surface area contributed by atoms with Crippen LogP contribution in [0.2, 0.25) is 0 Å². The molecule has 0 aromatic carbocycles. The fraction of sp³-hybridized carbons (Fsp3) is 0.929. The molecule has 0 aliphatic heterocycles. The van der Waals surface area contributed by atoms with E-state index in [1.54, 1.807) is 0 Å². The summed E-state index contributed by atoms with van der Waals surface area (Å²) in [5.74, 6) is -0.0957. The Morgan fingerprint density at radius 2 is 2.06 bits per heavy atom. The molecule has 3 N–H and O–H groups in total. The van der Waals surface area contributed by atoms with Crippen LogP contribution in [0.25, 0.3) is 0 Å². The third kappa shape index (κ3) is 10.5. The summed E-state index contributed by atoms with van der Waals surface area (Å²) in [5.41, 5.74) is 5.51. The molecular weight excluding hydrogens is 228 g/mol. The van der Waals surface area contributed by atoms with Gasteiger partial charge in [-0.1, -0.05) is 33.1 Å². The standard InChI is InChI=1S/C14H30N2O2/c1-3-5-6-7-12-18-14(17)9-11-16-13(4-2)8-10-15/h13,16H,3-12,15H2,1-2H3. The van der Waals surface area contributed by atoms with E-state index < -0.39 is 0 Å². The molecule has 0 spiro atoms. The van der Waals surface area contributed by atoms with Crippen molar-refractivity contribution < 1.29 is 9.53 Å². The monoisotopic (exact) mass is 258 g/mol. The van der Waals surface area contributed by atoms with E-state index in [1.165, 1.54) is 12.8 Å². The lowest BCUT2D eigenvalue weighted by molar-refractivity contribution is -0.143. The van der Waals surface area contributed by atoms with Gasteiger partial charge in [-0.05, 0) is 25.8 Å². The van der Waals surface area contributed by atoms with Crippen LogP contribution in [0.3, 0.4) is 0 Å². The third-order valence-corrected chi connectivity index (χ3v) is 3.03. The van der Waals surface area contributed by atoms with Gasteiger partial charge in [0.1, 0.15) is 0 Å². The maximum absolute atomic E-state index is 11.4. The lowest BCUT2D eigenvalue weighted by atomic mass is 10.1. The summed E-state index contributed by atoms with van der Waals surface area (Å²) in [7, 11) is 0. The molecule has 0 aliphatic rings. The number of esters is 1. The summed E-state index contributed by atoms with van der Waals surface area (Å²) in [6, 6.07) is 0.423. The van der Waals surface area contributed by atoms with Crippen LogP contribution in [-0.2, 0) is 9.53 Å². The van der Waals surface area contributed by atoms with Crippen molar-refractivity contribution in [1.29, 1.82) is 0 Å². The van der Waals surface area contributed by atoms with E-state index in [1.807, 2.05) is 0 Å². The molecule has 108 valence electrons. The molecule has 1 atom stereocenters. The normalized spacial score (nSPS) is 12.4. The van der Waals surface area contributed by atoms with Crippen molar-refractivity contribution in [2.75, 3.05) is 19.7 Å². The van der Waals surface area contributed by atoms with Gasteiger partial charge >= 0.3 is 5.97 Å². The molecule has 0 aromatic heterocycles. The molecule has 0 radical (unpaired) electrons. The molecule has 0 fully saturated rings. The molecule has 0 heterocycles. The van der Waals surface area contributed by atoms with E-state index in [4.69, 9.17) is 10.5 Å². The highest BCUT2D eigenvalue weighted by molar-refractivity contribution is 5.69. The summed E-state index contributed by atoms with van der Waals surface area (Å²) in [6.45, 7) is 6.24. The minimum atomic E-state index is -0.0957. The fourth-order valence-corrected chi connectivity index (χ4v) is 1.82. The lowest BCUT2D eigenvalue weighted by Crippen LogP contribution is -2.32. The van der Waals surface area contributed by atoms with Crippen molar-refractivity contribution in [2.24, 2.45) is 5.73 Å². The smallest absolute Gasteiger partial charge is 0.307 e. The summed E-state index contributed by atoms with van der Waals surface area (Å²) < 4.78 is 5.16. The first-order valence-corrected chi connectivity index (χ1v) is 7.33. The van der Waals surface area contributed by atoms with Crippen molar-refractivity contribution in [3.63, 3.8) is 0 Å². The number of nitrogens with two attached hydrogens (primary N) is 1. The Bertz CT molecular complexity index is 198. The van der Waals surface area contributed by atoms with E-state index in [2.05, 4.69) is 19.2 Å². The lowest BCUT2D eigenvalue weighted by Gasteiger charge is -2.15. The predicted octanol–water partition coefficient (Wildman–Crippen LogP) is 2.22. The summed E-state index contributed by atoms with van der Waals surface area (Å²) >= 11 is 0. The second-order valence-corrected chi connectivity index (χ2v) is 4.67. The van der Waals surface area contributed by atoms with Gasteiger partial charge in [0.05, 0.1) is 13.0 Å². The average molecular weight is 258 g/mol. The van der Waals surface area contributed by atoms with Crippen molar-refractivity contribution in [1.82, 2.24) is 5.32 Å². The number of rotatable bonds is 12. The van der Waals surface area contributed by atoms with E-state index >= 15 is 0 Å². The maximum atomic E-state index is 11.4. The number of unbranched alkanes of at least 4 members (excludes halogenated alkanes) is 3. The minimum absolute atomic E-state index is 0.0957. The highest BCUT2D eigenvalue weighted by Crippen LogP contribution is 2.00. The van der Waals surface area contributed by atoms with Gasteiger partial charge < -0.3 is 15.8 Å². The zero-order chi connectivity index (χ0) is 13.6. The molecule has 0 saturated carbocycles. The number of carbonyl (C=O) groups excluding carboxylic acids is 1. The van der Waals surface area contributed by atoms with E-state index in [9.17, 15) is 4.79 Å². The van der Waals surface area contributed by atoms with E-state index in [0.29, 0.717) is 32.2 Å². The molecular formula is C14H30N2O2. The van der Waals surface area contributed by atoms with Crippen LogP contribution in [0.5, 0.6) is 0 Å². The Labute approximate surface area is 112 Å². The Morgan fingerprint density at radius 3 is 2.67 bits per heavy atom. The van der Waals surface area contributed by atoms with Gasteiger partial charge in [0, 0.05) is 12.6 Å². The van der Waals surface area contributed by atoms with Gasteiger partial charge in [-0.2, -0.15) is 0 Å². The van der Waals surface area contributed by atoms with Gasteiger partial charge in [-0.15, -0.1) is 0 Å². The molecule has 0 saturated heterocycles. The Kier molecular flexibility index (Phi) is 12.4. The van der Waals surface area contributed by atoms with Crippen LogP contribution in [-0.4, -0.2) is 31.7 Å². The van der Waals surface area contributed by atoms with Crippen LogP contribution in [0, 0.1) is 0 Å². The van der Waals surface area contributed by atoms with Gasteiger partial charge in [0.2, 0.25) is 0 Å². The SMILES string of the molecule is CCCCCCOC(=O)CCNC(CC)CCN. The number of ether oxygens (including phenoxy) is 1. The van der Waals surface area contributed by atoms with Gasteiger partial charge in [-0.3, -0.25) is 4.79 Å². The van der Waals surface area contributed by atoms with Crippen LogP contribution >= 0.6 is 0 Å². The first kappa shape index (κ1) is 17.4. The number of nitrogens with one attached hydrogen (secondary N) is 1. The van der Waals surface area contributed by atoms with Crippen molar-refractivity contribution in [2.45, 2.75) is 64.8 Å². The Morgan fingerprint density at radius 1 is 1.28 bits per heavy atom. The highest BCUT2D eigenvalue weighted by Gasteiger charge is 2.06. The van der Waals surface area contributed by atoms with Crippen molar-refractivity contribution in [3.05, 3.63) is 0 Å². The number of carbonyl (C=O) groups is 1. The predicted molar refractivity (Wildman–Crippen MR) is 75.5 cm³/mol. The average Bonchev–Trinajstić information content (AvgIpc) is 2.37. The molecule has 0 aromatic rings. The van der Waals surface area contributed by atoms with Crippen LogP contribution in [0.4, 0.5) is 0 Å². The van der Waals surface area contributed by atoms with Crippen LogP contribution in [0.1, 0.15) is 58.8 Å². The van der Waals surface area contributed by atoms with Gasteiger partial charge in [-0.25, -0.2) is 0 Å². The van der Waals surface area contributed by atoms with E-state index in [0.717, 1.165) is 25.7 Å². The molecule has 0 rings (SSSR count). The molecule has 1 unspecified atom stereocenters. The highest BCUT2D eigenvalue weighted by atomic mass is 16.5. The molecule has 0 aliphatic carbocycles.